The third-order valence-electron chi connectivity index (χ3n) is 4.24. The molecule has 3 rings (SSSR count). The van der Waals surface area contributed by atoms with Gasteiger partial charge in [-0.1, -0.05) is 55.5 Å². The summed E-state index contributed by atoms with van der Waals surface area (Å²) in [5, 5.41) is 11.4. The summed E-state index contributed by atoms with van der Waals surface area (Å²) in [5.41, 5.74) is 1.50. The number of aryl methyl sites for hydroxylation is 1. The van der Waals surface area contributed by atoms with Crippen LogP contribution in [0.15, 0.2) is 59.5 Å². The van der Waals surface area contributed by atoms with Crippen LogP contribution in [0.5, 0.6) is 0 Å². The molecule has 0 atom stereocenters. The Labute approximate surface area is 174 Å². The minimum absolute atomic E-state index is 0.118. The lowest BCUT2D eigenvalue weighted by Gasteiger charge is -2.24. The van der Waals surface area contributed by atoms with Crippen molar-refractivity contribution in [2.24, 2.45) is 0 Å². The Balaban J connectivity index is 1.93. The predicted octanol–water partition coefficient (Wildman–Crippen LogP) is 3.80. The van der Waals surface area contributed by atoms with E-state index in [1.165, 1.54) is 23.5 Å². The SMILES string of the molecule is Cc1nnc(NC(=O)CN(c2ccc(C(C)C)cc2)S(=O)(=O)c2ccccc2)s1. The average Bonchev–Trinajstić information content (AvgIpc) is 3.11. The highest BCUT2D eigenvalue weighted by molar-refractivity contribution is 7.92. The van der Waals surface area contributed by atoms with E-state index < -0.39 is 15.9 Å². The van der Waals surface area contributed by atoms with E-state index in [1.807, 2.05) is 12.1 Å². The standard InChI is InChI=1S/C20H22N4O3S2/c1-14(2)16-9-11-17(12-10-16)24(29(26,27)18-7-5-4-6-8-18)13-19(25)21-20-23-22-15(3)28-20/h4-12,14H,13H2,1-3H3,(H,21,23,25). The molecule has 0 radical (unpaired) electrons. The van der Waals surface area contributed by atoms with Crippen LogP contribution in [-0.2, 0) is 14.8 Å². The van der Waals surface area contributed by atoms with Gasteiger partial charge in [-0.3, -0.25) is 14.4 Å². The Morgan fingerprint density at radius 1 is 1.07 bits per heavy atom. The third kappa shape index (κ3) is 4.99. The number of hydrogen-bond acceptors (Lipinski definition) is 6. The molecule has 152 valence electrons. The number of nitrogens with zero attached hydrogens (tertiary/aromatic N) is 3. The molecule has 2 aromatic carbocycles. The van der Waals surface area contributed by atoms with Crippen molar-refractivity contribution in [3.05, 3.63) is 65.2 Å². The lowest BCUT2D eigenvalue weighted by molar-refractivity contribution is -0.114. The Bertz CT molecular complexity index is 1080. The third-order valence-corrected chi connectivity index (χ3v) is 6.78. The van der Waals surface area contributed by atoms with Crippen molar-refractivity contribution in [3.63, 3.8) is 0 Å². The number of anilines is 2. The van der Waals surface area contributed by atoms with Gasteiger partial charge in [0.1, 0.15) is 11.6 Å². The lowest BCUT2D eigenvalue weighted by atomic mass is 10.0. The summed E-state index contributed by atoms with van der Waals surface area (Å²) >= 11 is 1.23. The summed E-state index contributed by atoms with van der Waals surface area (Å²) in [6.07, 6.45) is 0. The number of sulfonamides is 1. The van der Waals surface area contributed by atoms with Gasteiger partial charge in [0.25, 0.3) is 10.0 Å². The second kappa shape index (κ2) is 8.71. The zero-order chi connectivity index (χ0) is 21.0. The highest BCUT2D eigenvalue weighted by Gasteiger charge is 2.27. The normalized spacial score (nSPS) is 11.4. The number of amides is 1. The highest BCUT2D eigenvalue weighted by atomic mass is 32.2. The minimum Gasteiger partial charge on any atom is -0.299 e. The molecule has 9 heteroatoms. The van der Waals surface area contributed by atoms with Gasteiger partial charge in [-0.25, -0.2) is 8.42 Å². The van der Waals surface area contributed by atoms with E-state index in [-0.39, 0.29) is 11.4 Å². The second-order valence-electron chi connectivity index (χ2n) is 6.75. The zero-order valence-electron chi connectivity index (χ0n) is 16.4. The van der Waals surface area contributed by atoms with Crippen molar-refractivity contribution in [1.82, 2.24) is 10.2 Å². The van der Waals surface area contributed by atoms with Gasteiger partial charge >= 0.3 is 0 Å². The molecule has 0 aliphatic rings. The molecule has 0 spiro atoms. The number of carbonyl (C=O) groups is 1. The molecule has 7 nitrogen and oxygen atoms in total. The highest BCUT2D eigenvalue weighted by Crippen LogP contribution is 2.26. The van der Waals surface area contributed by atoms with Crippen molar-refractivity contribution in [2.75, 3.05) is 16.2 Å². The summed E-state index contributed by atoms with van der Waals surface area (Å²) in [6.45, 7) is 5.52. The first-order valence-electron chi connectivity index (χ1n) is 9.05. The molecule has 1 aromatic heterocycles. The van der Waals surface area contributed by atoms with E-state index in [9.17, 15) is 13.2 Å². The van der Waals surface area contributed by atoms with Crippen LogP contribution in [0.1, 0.15) is 30.3 Å². The molecule has 29 heavy (non-hydrogen) atoms. The maximum Gasteiger partial charge on any atom is 0.264 e. The maximum absolute atomic E-state index is 13.3. The van der Waals surface area contributed by atoms with E-state index in [1.54, 1.807) is 37.3 Å². The van der Waals surface area contributed by atoms with E-state index in [0.29, 0.717) is 21.7 Å². The van der Waals surface area contributed by atoms with Gasteiger partial charge in [0.05, 0.1) is 10.6 Å². The van der Waals surface area contributed by atoms with Crippen LogP contribution < -0.4 is 9.62 Å². The smallest absolute Gasteiger partial charge is 0.264 e. The molecule has 0 saturated heterocycles. The van der Waals surface area contributed by atoms with Gasteiger partial charge in [-0.15, -0.1) is 10.2 Å². The summed E-state index contributed by atoms with van der Waals surface area (Å²) in [7, 11) is -3.93. The van der Waals surface area contributed by atoms with Gasteiger partial charge in [-0.2, -0.15) is 0 Å². The second-order valence-corrected chi connectivity index (χ2v) is 9.79. The Morgan fingerprint density at radius 2 is 1.72 bits per heavy atom. The predicted molar refractivity (Wildman–Crippen MR) is 115 cm³/mol. The summed E-state index contributed by atoms with van der Waals surface area (Å²) in [4.78, 5) is 12.7. The molecule has 0 unspecified atom stereocenters. The van der Waals surface area contributed by atoms with Gasteiger partial charge < -0.3 is 0 Å². The number of aromatic nitrogens is 2. The van der Waals surface area contributed by atoms with E-state index in [0.717, 1.165) is 9.87 Å². The molecule has 0 fully saturated rings. The molecule has 0 aliphatic heterocycles. The first-order chi connectivity index (χ1) is 13.8. The van der Waals surface area contributed by atoms with Crippen molar-refractivity contribution in [1.29, 1.82) is 0 Å². The molecule has 1 amide bonds. The zero-order valence-corrected chi connectivity index (χ0v) is 18.0. The van der Waals surface area contributed by atoms with Crippen molar-refractivity contribution < 1.29 is 13.2 Å². The Hall–Kier alpha value is -2.78. The molecule has 1 heterocycles. The number of carbonyl (C=O) groups excluding carboxylic acids is 1. The molecule has 3 aromatic rings. The van der Waals surface area contributed by atoms with Crippen molar-refractivity contribution in [3.8, 4) is 0 Å². The van der Waals surface area contributed by atoms with E-state index >= 15 is 0 Å². The topological polar surface area (TPSA) is 92.3 Å². The average molecular weight is 431 g/mol. The lowest BCUT2D eigenvalue weighted by Crippen LogP contribution is -2.38. The van der Waals surface area contributed by atoms with Crippen LogP contribution in [0.25, 0.3) is 0 Å². The van der Waals surface area contributed by atoms with Crippen LogP contribution >= 0.6 is 11.3 Å². The Morgan fingerprint density at radius 3 is 2.28 bits per heavy atom. The first kappa shape index (κ1) is 20.9. The van der Waals surface area contributed by atoms with Crippen LogP contribution in [0.2, 0.25) is 0 Å². The monoisotopic (exact) mass is 430 g/mol. The summed E-state index contributed by atoms with van der Waals surface area (Å²) in [6, 6.07) is 15.3. The van der Waals surface area contributed by atoms with Crippen molar-refractivity contribution in [2.45, 2.75) is 31.6 Å². The number of nitrogens with one attached hydrogen (secondary N) is 1. The number of rotatable bonds is 7. The Kier molecular flexibility index (Phi) is 6.29. The summed E-state index contributed by atoms with van der Waals surface area (Å²) in [5.74, 6) is -0.180. The molecular formula is C20H22N4O3S2. The molecule has 0 bridgehead atoms. The summed E-state index contributed by atoms with van der Waals surface area (Å²) < 4.78 is 27.6. The maximum atomic E-state index is 13.3. The molecule has 1 N–H and O–H groups in total. The van der Waals surface area contributed by atoms with E-state index in [2.05, 4.69) is 29.4 Å². The van der Waals surface area contributed by atoms with Crippen molar-refractivity contribution >= 4 is 38.1 Å². The molecule has 0 saturated carbocycles. The van der Waals surface area contributed by atoms with Gasteiger partial charge in [0, 0.05) is 0 Å². The van der Waals surface area contributed by atoms with Crippen LogP contribution in [0.3, 0.4) is 0 Å². The molecular weight excluding hydrogens is 408 g/mol. The first-order valence-corrected chi connectivity index (χ1v) is 11.3. The minimum atomic E-state index is -3.93. The fourth-order valence-corrected chi connectivity index (χ4v) is 4.75. The van der Waals surface area contributed by atoms with Crippen LogP contribution in [0, 0.1) is 6.92 Å². The van der Waals surface area contributed by atoms with E-state index in [4.69, 9.17) is 0 Å². The quantitative estimate of drug-likeness (QED) is 0.615. The fraction of sp³-hybridized carbons (Fsp3) is 0.250. The largest absolute Gasteiger partial charge is 0.299 e. The van der Waals surface area contributed by atoms with Gasteiger partial charge in [-0.05, 0) is 42.7 Å². The van der Waals surface area contributed by atoms with Gasteiger partial charge in [0.2, 0.25) is 11.0 Å². The van der Waals surface area contributed by atoms with Crippen LogP contribution in [-0.4, -0.2) is 31.1 Å². The van der Waals surface area contributed by atoms with Crippen LogP contribution in [0.4, 0.5) is 10.8 Å². The van der Waals surface area contributed by atoms with Gasteiger partial charge in [0.15, 0.2) is 0 Å². The fourth-order valence-electron chi connectivity index (χ4n) is 2.70. The number of hydrogen-bond donors (Lipinski definition) is 1. The molecule has 0 aliphatic carbocycles. The number of benzene rings is 2.